The molecular formula is C3H5F3O3. The molecule has 3 nitrogen and oxygen atoms in total. The van der Waals surface area contributed by atoms with Crippen LogP contribution in [-0.2, 0) is 14.8 Å². The summed E-state index contributed by atoms with van der Waals surface area (Å²) >= 11 is 0. The summed E-state index contributed by atoms with van der Waals surface area (Å²) < 4.78 is 33.3. The summed E-state index contributed by atoms with van der Waals surface area (Å²) in [7, 11) is 0. The molecule has 0 spiro atoms. The fourth-order valence-corrected chi connectivity index (χ4v) is 0.199. The molecule has 0 rings (SSSR count). The van der Waals surface area contributed by atoms with Gasteiger partial charge in [-0.3, -0.25) is 0 Å². The van der Waals surface area contributed by atoms with E-state index in [1.54, 1.807) is 0 Å². The fraction of sp³-hybridized carbons (Fsp3) is 1.00. The minimum absolute atomic E-state index is 0.448. The van der Waals surface area contributed by atoms with Gasteiger partial charge in [0.2, 0.25) is 0 Å². The van der Waals surface area contributed by atoms with E-state index in [1.807, 2.05) is 0 Å². The number of halogens is 3. The first-order chi connectivity index (χ1) is 4.24. The Bertz CT molecular complexity index is 57.2. The minimum atomic E-state index is -2.83. The molecule has 0 aliphatic heterocycles. The summed E-state index contributed by atoms with van der Waals surface area (Å²) in [4.78, 5) is 8.07. The van der Waals surface area contributed by atoms with Gasteiger partial charge >= 0.3 is 5.97 Å². The van der Waals surface area contributed by atoms with Crippen molar-refractivity contribution in [1.82, 2.24) is 0 Å². The molecule has 0 aromatic rings. The van der Waals surface area contributed by atoms with Gasteiger partial charge in [0.05, 0.1) is 0 Å². The lowest BCUT2D eigenvalue weighted by molar-refractivity contribution is -0.548. The van der Waals surface area contributed by atoms with E-state index in [1.165, 1.54) is 6.92 Å². The highest BCUT2D eigenvalue weighted by atomic mass is 19.3. The number of hydrogen-bond acceptors (Lipinski definition) is 3. The Labute approximate surface area is 49.0 Å². The van der Waals surface area contributed by atoms with E-state index >= 15 is 0 Å². The molecule has 0 bridgehead atoms. The SMILES string of the molecule is CCC(OF)(OF)OF. The molecule has 0 unspecified atom stereocenters. The molecule has 0 aromatic heterocycles. The topological polar surface area (TPSA) is 27.7 Å². The van der Waals surface area contributed by atoms with Crippen molar-refractivity contribution in [1.29, 1.82) is 0 Å². The summed E-state index contributed by atoms with van der Waals surface area (Å²) in [6, 6.07) is 0. The summed E-state index contributed by atoms with van der Waals surface area (Å²) in [5.41, 5.74) is 0. The summed E-state index contributed by atoms with van der Waals surface area (Å²) in [5.74, 6) is -2.83. The summed E-state index contributed by atoms with van der Waals surface area (Å²) in [6.07, 6.45) is -0.448. The molecule has 0 N–H and O–H groups in total. The van der Waals surface area contributed by atoms with E-state index in [-0.39, 0.29) is 0 Å². The van der Waals surface area contributed by atoms with E-state index in [9.17, 15) is 13.6 Å². The lowest BCUT2D eigenvalue weighted by Gasteiger charge is -2.14. The second-order valence-corrected chi connectivity index (χ2v) is 1.27. The lowest BCUT2D eigenvalue weighted by atomic mass is 10.4. The van der Waals surface area contributed by atoms with Crippen molar-refractivity contribution in [3.8, 4) is 0 Å². The zero-order valence-corrected chi connectivity index (χ0v) is 4.57. The van der Waals surface area contributed by atoms with E-state index in [0.29, 0.717) is 0 Å². The van der Waals surface area contributed by atoms with Crippen molar-refractivity contribution in [3.05, 3.63) is 0 Å². The average molecular weight is 146 g/mol. The van der Waals surface area contributed by atoms with Crippen LogP contribution in [0.5, 0.6) is 0 Å². The Morgan fingerprint density at radius 1 is 1.11 bits per heavy atom. The molecule has 0 saturated carbocycles. The van der Waals surface area contributed by atoms with Gasteiger partial charge in [0.25, 0.3) is 0 Å². The molecule has 0 aliphatic rings. The second kappa shape index (κ2) is 3.65. The van der Waals surface area contributed by atoms with Gasteiger partial charge < -0.3 is 0 Å². The second-order valence-electron chi connectivity index (χ2n) is 1.27. The van der Waals surface area contributed by atoms with Gasteiger partial charge in [0.15, 0.2) is 0 Å². The van der Waals surface area contributed by atoms with Crippen molar-refractivity contribution in [2.24, 2.45) is 0 Å². The van der Waals surface area contributed by atoms with Crippen molar-refractivity contribution < 1.29 is 28.4 Å². The third-order valence-electron chi connectivity index (χ3n) is 0.786. The number of hydrogen-bond donors (Lipinski definition) is 0. The van der Waals surface area contributed by atoms with Gasteiger partial charge in [-0.2, -0.15) is 0 Å². The third kappa shape index (κ3) is 1.81. The molecule has 0 atom stereocenters. The molecule has 0 aliphatic carbocycles. The van der Waals surface area contributed by atoms with Crippen molar-refractivity contribution >= 4 is 0 Å². The summed E-state index contributed by atoms with van der Waals surface area (Å²) in [5, 5.41) is 0. The van der Waals surface area contributed by atoms with Gasteiger partial charge in [-0.15, -0.1) is 14.8 Å². The van der Waals surface area contributed by atoms with E-state index in [0.717, 1.165) is 0 Å². The van der Waals surface area contributed by atoms with E-state index in [2.05, 4.69) is 14.8 Å². The molecule has 6 heteroatoms. The number of rotatable bonds is 4. The Morgan fingerprint density at radius 2 is 1.44 bits per heavy atom. The first-order valence-electron chi connectivity index (χ1n) is 2.14. The van der Waals surface area contributed by atoms with Gasteiger partial charge in [0.1, 0.15) is 0 Å². The molecule has 0 heterocycles. The maximum absolute atomic E-state index is 11.1. The van der Waals surface area contributed by atoms with Crippen LogP contribution in [0.15, 0.2) is 0 Å². The van der Waals surface area contributed by atoms with Crippen molar-refractivity contribution in [3.63, 3.8) is 0 Å². The quantitative estimate of drug-likeness (QED) is 0.565. The van der Waals surface area contributed by atoms with Gasteiger partial charge in [-0.1, -0.05) is 6.92 Å². The molecule has 9 heavy (non-hydrogen) atoms. The highest BCUT2D eigenvalue weighted by Gasteiger charge is 2.36. The van der Waals surface area contributed by atoms with Gasteiger partial charge in [-0.05, 0) is 13.6 Å². The van der Waals surface area contributed by atoms with E-state index in [4.69, 9.17) is 0 Å². The molecule has 0 fully saturated rings. The minimum Gasteiger partial charge on any atom is -0.123 e. The van der Waals surface area contributed by atoms with Crippen molar-refractivity contribution in [2.75, 3.05) is 0 Å². The van der Waals surface area contributed by atoms with Gasteiger partial charge in [-0.25, -0.2) is 0 Å². The van der Waals surface area contributed by atoms with Crippen LogP contribution in [0.3, 0.4) is 0 Å². The molecule has 0 aromatic carbocycles. The molecule has 0 radical (unpaired) electrons. The first-order valence-corrected chi connectivity index (χ1v) is 2.14. The monoisotopic (exact) mass is 146 g/mol. The summed E-state index contributed by atoms with van der Waals surface area (Å²) in [6.45, 7) is 1.21. The van der Waals surface area contributed by atoms with Crippen LogP contribution < -0.4 is 0 Å². The Kier molecular flexibility index (Phi) is 3.52. The van der Waals surface area contributed by atoms with Crippen molar-refractivity contribution in [2.45, 2.75) is 19.3 Å². The highest BCUT2D eigenvalue weighted by molar-refractivity contribution is 4.43. The molecule has 0 saturated heterocycles. The smallest absolute Gasteiger partial charge is 0.123 e. The normalized spacial score (nSPS) is 12.0. The Hall–Kier alpha value is -0.330. The zero-order chi connectivity index (χ0) is 7.33. The van der Waals surface area contributed by atoms with Crippen LogP contribution >= 0.6 is 0 Å². The third-order valence-corrected chi connectivity index (χ3v) is 0.786. The van der Waals surface area contributed by atoms with Crippen LogP contribution in [0.2, 0.25) is 0 Å². The molecular weight excluding hydrogens is 141 g/mol. The highest BCUT2D eigenvalue weighted by Crippen LogP contribution is 2.20. The van der Waals surface area contributed by atoms with Crippen LogP contribution in [0.25, 0.3) is 0 Å². The predicted molar refractivity (Wildman–Crippen MR) is 19.6 cm³/mol. The average Bonchev–Trinajstić information content (AvgIpc) is 1.95. The maximum Gasteiger partial charge on any atom is 0.380 e. The zero-order valence-electron chi connectivity index (χ0n) is 4.57. The lowest BCUT2D eigenvalue weighted by Crippen LogP contribution is -2.30. The Morgan fingerprint density at radius 3 is 1.44 bits per heavy atom. The first kappa shape index (κ1) is 8.67. The Balaban J connectivity index is 3.82. The maximum atomic E-state index is 11.1. The van der Waals surface area contributed by atoms with Crippen LogP contribution in [0.4, 0.5) is 13.6 Å². The van der Waals surface area contributed by atoms with Crippen LogP contribution in [0, 0.1) is 0 Å². The molecule has 0 amide bonds. The largest absolute Gasteiger partial charge is 0.380 e. The van der Waals surface area contributed by atoms with Crippen LogP contribution in [-0.4, -0.2) is 5.97 Å². The standard InChI is InChI=1S/C3H5F3O3/c1-2-3(7-4,8-5)9-6/h2H2,1H3. The van der Waals surface area contributed by atoms with Crippen LogP contribution in [0.1, 0.15) is 13.3 Å². The molecule has 56 valence electrons. The van der Waals surface area contributed by atoms with E-state index < -0.39 is 12.4 Å². The predicted octanol–water partition coefficient (Wildman–Crippen LogP) is 1.75. The fourth-order valence-electron chi connectivity index (χ4n) is 0.199. The van der Waals surface area contributed by atoms with Gasteiger partial charge in [0, 0.05) is 6.42 Å².